The molecule has 0 aliphatic carbocycles. The molecule has 3 aromatic rings. The molecular weight excluding hydrogens is 348 g/mol. The summed E-state index contributed by atoms with van der Waals surface area (Å²) in [5.74, 6) is 0.450. The molecule has 0 heterocycles. The molecule has 0 saturated heterocycles. The van der Waals surface area contributed by atoms with Crippen LogP contribution in [0.25, 0.3) is 0 Å². The van der Waals surface area contributed by atoms with E-state index >= 15 is 0 Å². The van der Waals surface area contributed by atoms with E-state index in [1.54, 1.807) is 31.2 Å². The molecule has 4 heteroatoms. The quantitative estimate of drug-likeness (QED) is 0.601. The van der Waals surface area contributed by atoms with Crippen LogP contribution in [0.2, 0.25) is 0 Å². The van der Waals surface area contributed by atoms with Crippen LogP contribution in [0.5, 0.6) is 5.75 Å². The Kier molecular flexibility index (Phi) is 6.08. The second-order valence-corrected chi connectivity index (χ2v) is 6.62. The molecule has 0 fully saturated rings. The zero-order valence-corrected chi connectivity index (χ0v) is 15.8. The molecule has 28 heavy (non-hydrogen) atoms. The van der Waals surface area contributed by atoms with Crippen LogP contribution < -0.4 is 4.74 Å². The molecule has 0 bridgehead atoms. The van der Waals surface area contributed by atoms with Gasteiger partial charge in [0.1, 0.15) is 5.75 Å². The highest BCUT2D eigenvalue weighted by molar-refractivity contribution is 5.72. The third-order valence-electron chi connectivity index (χ3n) is 4.73. The Morgan fingerprint density at radius 3 is 2.04 bits per heavy atom. The van der Waals surface area contributed by atoms with Crippen LogP contribution in [0, 0.1) is 11.3 Å². The van der Waals surface area contributed by atoms with Crippen molar-refractivity contribution in [3.05, 3.63) is 102 Å². The molecule has 0 unspecified atom stereocenters. The van der Waals surface area contributed by atoms with Crippen LogP contribution in [0.4, 0.5) is 4.79 Å². The Bertz CT molecular complexity index is 937. The average molecular weight is 370 g/mol. The molecular formula is C24H22N2O2. The van der Waals surface area contributed by atoms with Gasteiger partial charge in [0.2, 0.25) is 0 Å². The highest BCUT2D eigenvalue weighted by atomic mass is 16.6. The molecule has 0 aliphatic rings. The molecule has 0 aromatic heterocycles. The highest BCUT2D eigenvalue weighted by Gasteiger charge is 2.38. The summed E-state index contributed by atoms with van der Waals surface area (Å²) in [7, 11) is 0. The Hall–Kier alpha value is -3.58. The van der Waals surface area contributed by atoms with E-state index in [9.17, 15) is 10.1 Å². The predicted molar refractivity (Wildman–Crippen MR) is 109 cm³/mol. The molecule has 140 valence electrons. The van der Waals surface area contributed by atoms with Gasteiger partial charge in [0, 0.05) is 6.54 Å². The zero-order valence-electron chi connectivity index (χ0n) is 15.8. The first-order chi connectivity index (χ1) is 13.6. The Labute approximate surface area is 165 Å². The topological polar surface area (TPSA) is 53.3 Å². The summed E-state index contributed by atoms with van der Waals surface area (Å²) in [6, 6.07) is 30.4. The first kappa shape index (κ1) is 19.2. The summed E-state index contributed by atoms with van der Waals surface area (Å²) in [6.07, 6.45) is 0.0736. The van der Waals surface area contributed by atoms with Crippen LogP contribution >= 0.6 is 0 Å². The van der Waals surface area contributed by atoms with Crippen molar-refractivity contribution in [1.82, 2.24) is 4.90 Å². The monoisotopic (exact) mass is 370 g/mol. The van der Waals surface area contributed by atoms with Crippen molar-refractivity contribution >= 4 is 6.09 Å². The number of benzene rings is 3. The van der Waals surface area contributed by atoms with Crippen LogP contribution in [0.3, 0.4) is 0 Å². The third-order valence-corrected chi connectivity index (χ3v) is 4.73. The fourth-order valence-corrected chi connectivity index (χ4v) is 3.07. The van der Waals surface area contributed by atoms with Gasteiger partial charge in [0.05, 0.1) is 6.07 Å². The lowest BCUT2D eigenvalue weighted by atomic mass is 9.91. The maximum Gasteiger partial charge on any atom is 0.416 e. The molecule has 0 radical (unpaired) electrons. The van der Waals surface area contributed by atoms with E-state index < -0.39 is 11.6 Å². The van der Waals surface area contributed by atoms with Crippen LogP contribution in [0.1, 0.15) is 18.1 Å². The summed E-state index contributed by atoms with van der Waals surface area (Å²) >= 11 is 0. The minimum atomic E-state index is -1.15. The van der Waals surface area contributed by atoms with Crippen molar-refractivity contribution in [2.45, 2.75) is 18.9 Å². The lowest BCUT2D eigenvalue weighted by molar-refractivity contribution is 0.114. The molecule has 0 saturated carbocycles. The van der Waals surface area contributed by atoms with E-state index in [2.05, 4.69) is 6.07 Å². The summed E-state index contributed by atoms with van der Waals surface area (Å²) in [5, 5.41) is 10.0. The van der Waals surface area contributed by atoms with Crippen molar-refractivity contribution in [2.75, 3.05) is 6.54 Å². The highest BCUT2D eigenvalue weighted by Crippen LogP contribution is 2.29. The predicted octanol–water partition coefficient (Wildman–Crippen LogP) is 5.17. The van der Waals surface area contributed by atoms with Gasteiger partial charge in [-0.25, -0.2) is 4.79 Å². The van der Waals surface area contributed by atoms with E-state index in [-0.39, 0.29) is 0 Å². The van der Waals surface area contributed by atoms with Gasteiger partial charge in [-0.15, -0.1) is 0 Å². The van der Waals surface area contributed by atoms with Crippen molar-refractivity contribution in [3.8, 4) is 11.8 Å². The van der Waals surface area contributed by atoms with Gasteiger partial charge >= 0.3 is 6.09 Å². The first-order valence-corrected chi connectivity index (χ1v) is 9.19. The second kappa shape index (κ2) is 8.88. The Morgan fingerprint density at radius 1 is 0.929 bits per heavy atom. The maximum atomic E-state index is 13.1. The van der Waals surface area contributed by atoms with E-state index in [1.807, 2.05) is 66.7 Å². The van der Waals surface area contributed by atoms with Crippen molar-refractivity contribution in [3.63, 3.8) is 0 Å². The minimum Gasteiger partial charge on any atom is -0.410 e. The number of carbonyl (C=O) groups excluding carboxylic acids is 1. The SMILES string of the molecule is C[C@@](C#N)(c1ccccc1)N(CCc1ccccc1)C(=O)Oc1ccccc1. The summed E-state index contributed by atoms with van der Waals surface area (Å²) in [5.41, 5.74) is 0.686. The first-order valence-electron chi connectivity index (χ1n) is 9.19. The lowest BCUT2D eigenvalue weighted by Gasteiger charge is -2.35. The summed E-state index contributed by atoms with van der Waals surface area (Å²) < 4.78 is 5.57. The molecule has 1 amide bonds. The molecule has 0 aliphatic heterocycles. The van der Waals surface area contributed by atoms with Crippen LogP contribution in [-0.2, 0) is 12.0 Å². The van der Waals surface area contributed by atoms with Gasteiger partial charge in [-0.05, 0) is 36.6 Å². The number of nitriles is 1. The number of para-hydroxylation sites is 1. The fourth-order valence-electron chi connectivity index (χ4n) is 3.07. The van der Waals surface area contributed by atoms with Gasteiger partial charge in [0.25, 0.3) is 0 Å². The fraction of sp³-hybridized carbons (Fsp3) is 0.167. The number of nitrogens with zero attached hydrogens (tertiary/aromatic N) is 2. The van der Waals surface area contributed by atoms with Gasteiger partial charge in [0.15, 0.2) is 5.54 Å². The van der Waals surface area contributed by atoms with E-state index in [0.29, 0.717) is 18.7 Å². The molecule has 0 spiro atoms. The normalized spacial score (nSPS) is 12.4. The molecule has 3 rings (SSSR count). The maximum absolute atomic E-state index is 13.1. The van der Waals surface area contributed by atoms with Crippen molar-refractivity contribution in [2.24, 2.45) is 0 Å². The Balaban J connectivity index is 1.90. The van der Waals surface area contributed by atoms with E-state index in [4.69, 9.17) is 4.74 Å². The number of amides is 1. The third kappa shape index (κ3) is 4.39. The number of ether oxygens (including phenoxy) is 1. The van der Waals surface area contributed by atoms with Gasteiger partial charge in [-0.2, -0.15) is 5.26 Å². The molecule has 4 nitrogen and oxygen atoms in total. The summed E-state index contributed by atoms with van der Waals surface area (Å²) in [6.45, 7) is 2.11. The van der Waals surface area contributed by atoms with Crippen molar-refractivity contribution < 1.29 is 9.53 Å². The largest absolute Gasteiger partial charge is 0.416 e. The summed E-state index contributed by atoms with van der Waals surface area (Å²) in [4.78, 5) is 14.6. The van der Waals surface area contributed by atoms with Crippen LogP contribution in [0.15, 0.2) is 91.0 Å². The van der Waals surface area contributed by atoms with Crippen LogP contribution in [-0.4, -0.2) is 17.5 Å². The molecule has 3 aromatic carbocycles. The molecule has 0 N–H and O–H groups in total. The zero-order chi connectivity index (χ0) is 19.8. The van der Waals surface area contributed by atoms with Gasteiger partial charge in [-0.1, -0.05) is 78.9 Å². The number of carbonyl (C=O) groups is 1. The second-order valence-electron chi connectivity index (χ2n) is 6.62. The number of hydrogen-bond acceptors (Lipinski definition) is 3. The standard InChI is InChI=1S/C24H22N2O2/c1-24(19-25,21-13-7-3-8-14-21)26(18-17-20-11-5-2-6-12-20)23(27)28-22-15-9-4-10-16-22/h2-16H,17-18H2,1H3/t24-/m1/s1. The average Bonchev–Trinajstić information content (AvgIpc) is 2.75. The van der Waals surface area contributed by atoms with E-state index in [0.717, 1.165) is 11.1 Å². The smallest absolute Gasteiger partial charge is 0.410 e. The number of hydrogen-bond donors (Lipinski definition) is 0. The molecule has 1 atom stereocenters. The van der Waals surface area contributed by atoms with Gasteiger partial charge < -0.3 is 4.74 Å². The van der Waals surface area contributed by atoms with Gasteiger partial charge in [-0.3, -0.25) is 4.90 Å². The minimum absolute atomic E-state index is 0.356. The number of rotatable bonds is 6. The van der Waals surface area contributed by atoms with Crippen molar-refractivity contribution in [1.29, 1.82) is 5.26 Å². The Morgan fingerprint density at radius 2 is 1.46 bits per heavy atom. The van der Waals surface area contributed by atoms with E-state index in [1.165, 1.54) is 4.90 Å². The lowest BCUT2D eigenvalue weighted by Crippen LogP contribution is -2.49.